The first kappa shape index (κ1) is 21.0. The van der Waals surface area contributed by atoms with Gasteiger partial charge in [0.05, 0.1) is 19.2 Å². The molecule has 0 radical (unpaired) electrons. The SMILES string of the molecule is C=C(NC(=O)C(=C)N1Cc2csc(-c3ccc(NC(C)=O)cc3)c2C1=O)C(=O)OC. The number of ether oxygens (including phenoxy) is 1. The number of nitrogens with zero attached hydrogens (tertiary/aromatic N) is 1. The molecule has 1 aromatic carbocycles. The molecular formula is C21H19N3O5S. The number of fused-ring (bicyclic) bond motifs is 1. The number of carbonyl (C=O) groups is 4. The molecule has 1 aliphatic heterocycles. The van der Waals surface area contributed by atoms with Gasteiger partial charge in [-0.15, -0.1) is 11.3 Å². The average Bonchev–Trinajstić information content (AvgIpc) is 3.27. The Morgan fingerprint density at radius 3 is 2.43 bits per heavy atom. The first-order valence-corrected chi connectivity index (χ1v) is 9.68. The molecule has 0 bridgehead atoms. The molecule has 1 aliphatic rings. The normalized spacial score (nSPS) is 12.2. The molecule has 2 N–H and O–H groups in total. The number of methoxy groups -OCH3 is 1. The van der Waals surface area contributed by atoms with Crippen molar-refractivity contribution in [3.05, 3.63) is 65.3 Å². The van der Waals surface area contributed by atoms with Crippen LogP contribution < -0.4 is 10.6 Å². The van der Waals surface area contributed by atoms with Gasteiger partial charge in [-0.2, -0.15) is 0 Å². The van der Waals surface area contributed by atoms with E-state index in [0.29, 0.717) is 11.3 Å². The van der Waals surface area contributed by atoms with E-state index in [1.807, 2.05) is 17.5 Å². The molecule has 0 spiro atoms. The van der Waals surface area contributed by atoms with Crippen LogP contribution in [0, 0.1) is 0 Å². The highest BCUT2D eigenvalue weighted by Crippen LogP contribution is 2.39. The van der Waals surface area contributed by atoms with Crippen molar-refractivity contribution in [3.63, 3.8) is 0 Å². The summed E-state index contributed by atoms with van der Waals surface area (Å²) in [5.74, 6) is -2.02. The minimum atomic E-state index is -0.785. The molecule has 0 saturated carbocycles. The van der Waals surface area contributed by atoms with Gasteiger partial charge in [0.15, 0.2) is 0 Å². The first-order chi connectivity index (χ1) is 14.2. The first-order valence-electron chi connectivity index (χ1n) is 8.80. The number of benzene rings is 1. The number of nitrogens with one attached hydrogen (secondary N) is 2. The molecule has 0 saturated heterocycles. The number of carbonyl (C=O) groups excluding carboxylic acids is 4. The average molecular weight is 425 g/mol. The minimum Gasteiger partial charge on any atom is -0.464 e. The maximum absolute atomic E-state index is 13.0. The summed E-state index contributed by atoms with van der Waals surface area (Å²) >= 11 is 1.43. The van der Waals surface area contributed by atoms with Gasteiger partial charge >= 0.3 is 5.97 Å². The second-order valence-electron chi connectivity index (χ2n) is 6.49. The van der Waals surface area contributed by atoms with E-state index < -0.39 is 11.9 Å². The maximum atomic E-state index is 13.0. The highest BCUT2D eigenvalue weighted by molar-refractivity contribution is 7.14. The van der Waals surface area contributed by atoms with E-state index in [-0.39, 0.29) is 29.8 Å². The lowest BCUT2D eigenvalue weighted by molar-refractivity contribution is -0.137. The molecule has 0 unspecified atom stereocenters. The molecule has 1 aromatic heterocycles. The fraction of sp³-hybridized carbons (Fsp3) is 0.143. The van der Waals surface area contributed by atoms with Gasteiger partial charge in [0.1, 0.15) is 11.4 Å². The summed E-state index contributed by atoms with van der Waals surface area (Å²) in [6.07, 6.45) is 0. The number of esters is 1. The van der Waals surface area contributed by atoms with E-state index in [1.165, 1.54) is 30.3 Å². The molecule has 0 fully saturated rings. The molecule has 3 amide bonds. The van der Waals surface area contributed by atoms with Crippen LogP contribution in [0.3, 0.4) is 0 Å². The van der Waals surface area contributed by atoms with Crippen LogP contribution in [0.25, 0.3) is 10.4 Å². The van der Waals surface area contributed by atoms with E-state index in [2.05, 4.69) is 28.5 Å². The number of hydrogen-bond donors (Lipinski definition) is 2. The van der Waals surface area contributed by atoms with Gasteiger partial charge in [-0.3, -0.25) is 19.3 Å². The van der Waals surface area contributed by atoms with Crippen molar-refractivity contribution in [1.29, 1.82) is 0 Å². The van der Waals surface area contributed by atoms with Crippen molar-refractivity contribution in [3.8, 4) is 10.4 Å². The van der Waals surface area contributed by atoms with Crippen molar-refractivity contribution in [1.82, 2.24) is 10.2 Å². The largest absolute Gasteiger partial charge is 0.464 e. The Morgan fingerprint density at radius 2 is 1.83 bits per heavy atom. The van der Waals surface area contributed by atoms with Gasteiger partial charge in [0.2, 0.25) is 5.91 Å². The number of hydrogen-bond acceptors (Lipinski definition) is 6. The highest BCUT2D eigenvalue weighted by Gasteiger charge is 2.35. The number of anilines is 1. The van der Waals surface area contributed by atoms with E-state index in [4.69, 9.17) is 0 Å². The zero-order valence-corrected chi connectivity index (χ0v) is 17.2. The van der Waals surface area contributed by atoms with Crippen LogP contribution in [-0.4, -0.2) is 35.7 Å². The topological polar surface area (TPSA) is 105 Å². The van der Waals surface area contributed by atoms with Gasteiger partial charge in [-0.05, 0) is 28.6 Å². The summed E-state index contributed by atoms with van der Waals surface area (Å²) in [6, 6.07) is 7.14. The third-order valence-corrected chi connectivity index (χ3v) is 5.48. The summed E-state index contributed by atoms with van der Waals surface area (Å²) in [5, 5.41) is 6.84. The zero-order chi connectivity index (χ0) is 22.0. The van der Waals surface area contributed by atoms with Gasteiger partial charge in [-0.1, -0.05) is 25.3 Å². The molecule has 2 aromatic rings. The van der Waals surface area contributed by atoms with Crippen LogP contribution in [0.4, 0.5) is 5.69 Å². The lowest BCUT2D eigenvalue weighted by Gasteiger charge is -2.18. The van der Waals surface area contributed by atoms with Crippen molar-refractivity contribution in [2.24, 2.45) is 0 Å². The molecule has 9 heteroatoms. The molecule has 0 atom stereocenters. The van der Waals surface area contributed by atoms with Crippen molar-refractivity contribution in [2.75, 3.05) is 12.4 Å². The Hall–Kier alpha value is -3.72. The highest BCUT2D eigenvalue weighted by atomic mass is 32.1. The van der Waals surface area contributed by atoms with Crippen molar-refractivity contribution in [2.45, 2.75) is 13.5 Å². The van der Waals surface area contributed by atoms with Crippen LogP contribution in [0.2, 0.25) is 0 Å². The molecule has 154 valence electrons. The fourth-order valence-electron chi connectivity index (χ4n) is 2.97. The number of thiophene rings is 1. The van der Waals surface area contributed by atoms with Crippen molar-refractivity contribution < 1.29 is 23.9 Å². The number of amides is 3. The molecule has 2 heterocycles. The van der Waals surface area contributed by atoms with E-state index in [9.17, 15) is 19.2 Å². The van der Waals surface area contributed by atoms with E-state index in [1.54, 1.807) is 12.1 Å². The Balaban J connectivity index is 1.78. The second kappa shape index (κ2) is 8.34. The quantitative estimate of drug-likeness (QED) is 0.547. The van der Waals surface area contributed by atoms with Gasteiger partial charge < -0.3 is 15.4 Å². The smallest absolute Gasteiger partial charge is 0.353 e. The molecular weight excluding hydrogens is 406 g/mol. The Bertz CT molecular complexity index is 1080. The van der Waals surface area contributed by atoms with Crippen LogP contribution in [0.1, 0.15) is 22.8 Å². The standard InChI is InChI=1S/C21H19N3O5S/c1-11(21(28)29-4)22-19(26)12(2)24-9-15-10-30-18(17(15)20(24)27)14-5-7-16(8-6-14)23-13(3)25/h5-8,10H,1-2,9H2,3-4H3,(H,22,26)(H,23,25). The lowest BCUT2D eigenvalue weighted by atomic mass is 10.1. The monoisotopic (exact) mass is 425 g/mol. The van der Waals surface area contributed by atoms with Gasteiger partial charge in [-0.25, -0.2) is 4.79 Å². The van der Waals surface area contributed by atoms with E-state index in [0.717, 1.165) is 16.0 Å². The Morgan fingerprint density at radius 1 is 1.17 bits per heavy atom. The second-order valence-corrected chi connectivity index (χ2v) is 7.37. The van der Waals surface area contributed by atoms with Crippen LogP contribution in [-0.2, 0) is 25.7 Å². The minimum absolute atomic E-state index is 0.0989. The molecule has 30 heavy (non-hydrogen) atoms. The zero-order valence-electron chi connectivity index (χ0n) is 16.4. The van der Waals surface area contributed by atoms with Crippen molar-refractivity contribution >= 4 is 40.7 Å². The van der Waals surface area contributed by atoms with Gasteiger partial charge in [0.25, 0.3) is 11.8 Å². The Labute approximate surface area is 176 Å². The summed E-state index contributed by atoms with van der Waals surface area (Å²) < 4.78 is 4.49. The summed E-state index contributed by atoms with van der Waals surface area (Å²) in [4.78, 5) is 50.0. The van der Waals surface area contributed by atoms with Crippen LogP contribution in [0.5, 0.6) is 0 Å². The predicted molar refractivity (Wildman–Crippen MR) is 112 cm³/mol. The van der Waals surface area contributed by atoms with Crippen LogP contribution in [0.15, 0.2) is 54.2 Å². The molecule has 8 nitrogen and oxygen atoms in total. The summed E-state index contributed by atoms with van der Waals surface area (Å²) in [7, 11) is 1.17. The predicted octanol–water partition coefficient (Wildman–Crippen LogP) is 2.65. The summed E-state index contributed by atoms with van der Waals surface area (Å²) in [5.41, 5.74) is 2.42. The lowest BCUT2D eigenvalue weighted by Crippen LogP contribution is -2.36. The molecule has 0 aliphatic carbocycles. The third kappa shape index (κ3) is 4.01. The maximum Gasteiger partial charge on any atom is 0.353 e. The fourth-order valence-corrected chi connectivity index (χ4v) is 4.03. The molecule has 3 rings (SSSR count). The Kier molecular flexibility index (Phi) is 5.84. The van der Waals surface area contributed by atoms with E-state index >= 15 is 0 Å². The number of rotatable bonds is 6. The van der Waals surface area contributed by atoms with Gasteiger partial charge in [0, 0.05) is 17.5 Å². The van der Waals surface area contributed by atoms with Crippen LogP contribution >= 0.6 is 11.3 Å². The summed E-state index contributed by atoms with van der Waals surface area (Å²) in [6.45, 7) is 8.75. The third-order valence-electron chi connectivity index (χ3n) is 4.41.